The molecule has 5 nitrogen and oxygen atoms in total. The highest BCUT2D eigenvalue weighted by atomic mass is 16.5. The van der Waals surface area contributed by atoms with Gasteiger partial charge in [0.2, 0.25) is 5.91 Å². The van der Waals surface area contributed by atoms with Gasteiger partial charge >= 0.3 is 6.09 Å². The number of alkyl carbamates (subject to hydrolysis) is 1. The quantitative estimate of drug-likeness (QED) is 0.833. The Morgan fingerprint density at radius 3 is 2.23 bits per heavy atom. The lowest BCUT2D eigenvalue weighted by Crippen LogP contribution is -2.43. The predicted molar refractivity (Wildman–Crippen MR) is 99.3 cm³/mol. The molecule has 1 fully saturated rings. The van der Waals surface area contributed by atoms with E-state index in [-0.39, 0.29) is 18.6 Å². The molecule has 1 saturated carbocycles. The van der Waals surface area contributed by atoms with E-state index in [2.05, 4.69) is 10.6 Å². The van der Waals surface area contributed by atoms with Crippen molar-refractivity contribution in [3.8, 4) is 0 Å². The van der Waals surface area contributed by atoms with Gasteiger partial charge in [0.1, 0.15) is 12.6 Å². The molecule has 3 rings (SSSR count). The Morgan fingerprint density at radius 2 is 1.58 bits per heavy atom. The molecule has 1 aliphatic rings. The molecule has 0 spiro atoms. The van der Waals surface area contributed by atoms with Gasteiger partial charge in [0.15, 0.2) is 0 Å². The van der Waals surface area contributed by atoms with Gasteiger partial charge < -0.3 is 15.4 Å². The van der Waals surface area contributed by atoms with E-state index in [9.17, 15) is 9.59 Å². The van der Waals surface area contributed by atoms with Gasteiger partial charge in [0.05, 0.1) is 0 Å². The standard InChI is InChI=1S/C21H24N2O3/c24-20(22-18-13-7-8-14-18)19(17-11-5-2-6-12-17)23-21(25)26-15-16-9-3-1-4-10-16/h1-6,9-12,18-19H,7-8,13-15H2,(H,22,24)(H,23,25). The van der Waals surface area contributed by atoms with E-state index in [4.69, 9.17) is 4.74 Å². The van der Waals surface area contributed by atoms with E-state index in [0.717, 1.165) is 36.8 Å². The average Bonchev–Trinajstić information content (AvgIpc) is 3.19. The van der Waals surface area contributed by atoms with Crippen LogP contribution < -0.4 is 10.6 Å². The van der Waals surface area contributed by atoms with Gasteiger partial charge in [-0.3, -0.25) is 4.79 Å². The monoisotopic (exact) mass is 352 g/mol. The second-order valence-corrected chi connectivity index (χ2v) is 6.54. The molecule has 0 aliphatic heterocycles. The fourth-order valence-corrected chi connectivity index (χ4v) is 3.18. The number of amides is 2. The molecule has 1 aliphatic carbocycles. The fourth-order valence-electron chi connectivity index (χ4n) is 3.18. The normalized spacial score (nSPS) is 15.2. The minimum atomic E-state index is -0.764. The summed E-state index contributed by atoms with van der Waals surface area (Å²) in [6, 6.07) is 18.1. The van der Waals surface area contributed by atoms with Crippen LogP contribution in [0.25, 0.3) is 0 Å². The van der Waals surface area contributed by atoms with Crippen molar-refractivity contribution in [1.82, 2.24) is 10.6 Å². The summed E-state index contributed by atoms with van der Waals surface area (Å²) in [4.78, 5) is 25.0. The zero-order valence-corrected chi connectivity index (χ0v) is 14.7. The molecule has 26 heavy (non-hydrogen) atoms. The molecule has 136 valence electrons. The Kier molecular flexibility index (Phi) is 6.25. The number of ether oxygens (including phenoxy) is 1. The maximum atomic E-state index is 12.7. The molecule has 2 amide bonds. The third-order valence-corrected chi connectivity index (χ3v) is 4.57. The summed E-state index contributed by atoms with van der Waals surface area (Å²) in [5, 5.41) is 5.75. The summed E-state index contributed by atoms with van der Waals surface area (Å²) in [6.45, 7) is 0.165. The maximum Gasteiger partial charge on any atom is 0.408 e. The number of benzene rings is 2. The number of nitrogens with one attached hydrogen (secondary N) is 2. The van der Waals surface area contributed by atoms with E-state index in [0.29, 0.717) is 0 Å². The number of hydrogen-bond acceptors (Lipinski definition) is 3. The summed E-state index contributed by atoms with van der Waals surface area (Å²) in [6.07, 6.45) is 3.64. The Balaban J connectivity index is 1.63. The van der Waals surface area contributed by atoms with Crippen LogP contribution in [0.1, 0.15) is 42.9 Å². The molecule has 5 heteroatoms. The van der Waals surface area contributed by atoms with Crippen LogP contribution >= 0.6 is 0 Å². The number of hydrogen-bond donors (Lipinski definition) is 2. The van der Waals surface area contributed by atoms with Crippen molar-refractivity contribution in [3.05, 3.63) is 71.8 Å². The first-order valence-electron chi connectivity index (χ1n) is 9.05. The first kappa shape index (κ1) is 18.0. The van der Waals surface area contributed by atoms with Crippen LogP contribution in [0.5, 0.6) is 0 Å². The van der Waals surface area contributed by atoms with Crippen LogP contribution in [0.4, 0.5) is 4.79 Å². The van der Waals surface area contributed by atoms with Crippen LogP contribution in [0.2, 0.25) is 0 Å². The van der Waals surface area contributed by atoms with Crippen molar-refractivity contribution in [1.29, 1.82) is 0 Å². The zero-order chi connectivity index (χ0) is 18.2. The molecular weight excluding hydrogens is 328 g/mol. The topological polar surface area (TPSA) is 67.4 Å². The Labute approximate surface area is 153 Å². The van der Waals surface area contributed by atoms with Crippen molar-refractivity contribution in [2.24, 2.45) is 0 Å². The number of carbonyl (C=O) groups is 2. The molecule has 0 heterocycles. The van der Waals surface area contributed by atoms with Gasteiger partial charge in [0, 0.05) is 6.04 Å². The minimum Gasteiger partial charge on any atom is -0.445 e. The van der Waals surface area contributed by atoms with Crippen LogP contribution in [-0.2, 0) is 16.1 Å². The predicted octanol–water partition coefficient (Wildman–Crippen LogP) is 3.71. The van der Waals surface area contributed by atoms with Crippen molar-refractivity contribution < 1.29 is 14.3 Å². The average molecular weight is 352 g/mol. The van der Waals surface area contributed by atoms with E-state index < -0.39 is 12.1 Å². The first-order chi connectivity index (χ1) is 12.7. The third kappa shape index (κ3) is 5.09. The van der Waals surface area contributed by atoms with E-state index in [1.165, 1.54) is 0 Å². The SMILES string of the molecule is O=C(NC(C(=O)NC1CCCC1)c1ccccc1)OCc1ccccc1. The molecule has 0 aromatic heterocycles. The second-order valence-electron chi connectivity index (χ2n) is 6.54. The van der Waals surface area contributed by atoms with Gasteiger partial charge in [-0.1, -0.05) is 73.5 Å². The van der Waals surface area contributed by atoms with E-state index in [1.807, 2.05) is 60.7 Å². The Bertz CT molecular complexity index is 713. The lowest BCUT2D eigenvalue weighted by molar-refractivity contribution is -0.123. The van der Waals surface area contributed by atoms with Crippen molar-refractivity contribution in [2.75, 3.05) is 0 Å². The van der Waals surface area contributed by atoms with Crippen LogP contribution in [0, 0.1) is 0 Å². The highest BCUT2D eigenvalue weighted by Gasteiger charge is 2.26. The number of rotatable bonds is 6. The zero-order valence-electron chi connectivity index (χ0n) is 14.7. The largest absolute Gasteiger partial charge is 0.445 e. The highest BCUT2D eigenvalue weighted by Crippen LogP contribution is 2.20. The number of carbonyl (C=O) groups excluding carboxylic acids is 2. The molecule has 0 bridgehead atoms. The van der Waals surface area contributed by atoms with E-state index in [1.54, 1.807) is 0 Å². The van der Waals surface area contributed by atoms with Gasteiger partial charge in [-0.15, -0.1) is 0 Å². The van der Waals surface area contributed by atoms with Crippen LogP contribution in [-0.4, -0.2) is 18.0 Å². The molecular formula is C21H24N2O3. The molecule has 1 atom stereocenters. The Morgan fingerprint density at radius 1 is 0.962 bits per heavy atom. The second kappa shape index (κ2) is 9.04. The van der Waals surface area contributed by atoms with Crippen LogP contribution in [0.3, 0.4) is 0 Å². The third-order valence-electron chi connectivity index (χ3n) is 4.57. The lowest BCUT2D eigenvalue weighted by Gasteiger charge is -2.21. The maximum absolute atomic E-state index is 12.7. The van der Waals surface area contributed by atoms with Gasteiger partial charge in [-0.2, -0.15) is 0 Å². The van der Waals surface area contributed by atoms with Gasteiger partial charge in [0.25, 0.3) is 0 Å². The summed E-state index contributed by atoms with van der Waals surface area (Å²) in [5.74, 6) is -0.195. The molecule has 1 unspecified atom stereocenters. The molecule has 2 aromatic rings. The molecule has 2 aromatic carbocycles. The molecule has 0 saturated heterocycles. The smallest absolute Gasteiger partial charge is 0.408 e. The first-order valence-corrected chi connectivity index (χ1v) is 9.05. The van der Waals surface area contributed by atoms with Crippen molar-refractivity contribution in [2.45, 2.75) is 44.4 Å². The van der Waals surface area contributed by atoms with Crippen LogP contribution in [0.15, 0.2) is 60.7 Å². The van der Waals surface area contributed by atoms with Gasteiger partial charge in [-0.05, 0) is 24.0 Å². The highest BCUT2D eigenvalue weighted by molar-refractivity contribution is 5.87. The molecule has 0 radical (unpaired) electrons. The summed E-state index contributed by atoms with van der Waals surface area (Å²) < 4.78 is 5.27. The van der Waals surface area contributed by atoms with Gasteiger partial charge in [-0.25, -0.2) is 4.79 Å². The summed E-state index contributed by atoms with van der Waals surface area (Å²) in [5.41, 5.74) is 1.63. The summed E-state index contributed by atoms with van der Waals surface area (Å²) in [7, 11) is 0. The summed E-state index contributed by atoms with van der Waals surface area (Å²) >= 11 is 0. The Hall–Kier alpha value is -2.82. The minimum absolute atomic E-state index is 0.165. The van der Waals surface area contributed by atoms with E-state index >= 15 is 0 Å². The fraction of sp³-hybridized carbons (Fsp3) is 0.333. The molecule has 2 N–H and O–H groups in total. The van der Waals surface area contributed by atoms with Crippen molar-refractivity contribution in [3.63, 3.8) is 0 Å². The van der Waals surface area contributed by atoms with Crippen molar-refractivity contribution >= 4 is 12.0 Å². The lowest BCUT2D eigenvalue weighted by atomic mass is 10.1.